The molecule has 0 spiro atoms. The van der Waals surface area contributed by atoms with E-state index in [0.717, 1.165) is 13.1 Å². The Morgan fingerprint density at radius 2 is 2.05 bits per heavy atom. The van der Waals surface area contributed by atoms with E-state index in [9.17, 15) is 4.79 Å². The number of piperidine rings is 1. The average molecular weight is 286 g/mol. The van der Waals surface area contributed by atoms with Gasteiger partial charge in [0.2, 0.25) is 0 Å². The number of rotatable bonds is 5. The van der Waals surface area contributed by atoms with Crippen LogP contribution in [0.3, 0.4) is 0 Å². The number of hydrogen-bond acceptors (Lipinski definition) is 4. The molecule has 2 rings (SSSR count). The smallest absolute Gasteiger partial charge is 0.326 e. The molecule has 0 amide bonds. The molecule has 4 heteroatoms. The molecule has 1 saturated heterocycles. The van der Waals surface area contributed by atoms with Gasteiger partial charge in [0, 0.05) is 18.8 Å². The minimum atomic E-state index is -0.645. The van der Waals surface area contributed by atoms with Gasteiger partial charge in [-0.15, -0.1) is 6.42 Å². The van der Waals surface area contributed by atoms with E-state index in [1.54, 1.807) is 0 Å². The maximum absolute atomic E-state index is 12.3. The second kappa shape index (κ2) is 7.14. The lowest BCUT2D eigenvalue weighted by Gasteiger charge is -2.41. The number of benzene rings is 1. The van der Waals surface area contributed by atoms with Crippen molar-refractivity contribution in [2.45, 2.75) is 25.3 Å². The minimum absolute atomic E-state index is 0.187. The van der Waals surface area contributed by atoms with Crippen LogP contribution >= 0.6 is 0 Å². The van der Waals surface area contributed by atoms with E-state index in [-0.39, 0.29) is 5.97 Å². The molecule has 4 nitrogen and oxygen atoms in total. The van der Waals surface area contributed by atoms with Crippen molar-refractivity contribution in [3.8, 4) is 12.3 Å². The maximum Gasteiger partial charge on any atom is 0.326 e. The van der Waals surface area contributed by atoms with Gasteiger partial charge in [0.25, 0.3) is 0 Å². The molecule has 0 aliphatic carbocycles. The largest absolute Gasteiger partial charge is 0.465 e. The normalized spacial score (nSPS) is 17.0. The van der Waals surface area contributed by atoms with Gasteiger partial charge in [-0.2, -0.15) is 0 Å². The third-order valence-electron chi connectivity index (χ3n) is 3.93. The van der Waals surface area contributed by atoms with Gasteiger partial charge in [0.1, 0.15) is 5.54 Å². The summed E-state index contributed by atoms with van der Waals surface area (Å²) in [7, 11) is 0. The van der Waals surface area contributed by atoms with E-state index in [2.05, 4.69) is 28.3 Å². The van der Waals surface area contributed by atoms with Crippen LogP contribution in [-0.2, 0) is 9.53 Å². The molecule has 0 unspecified atom stereocenters. The Hall–Kier alpha value is -1.99. The van der Waals surface area contributed by atoms with Crippen molar-refractivity contribution in [1.82, 2.24) is 5.32 Å². The molecule has 0 atom stereocenters. The number of terminal acetylenes is 1. The number of ether oxygens (including phenoxy) is 1. The molecule has 112 valence electrons. The monoisotopic (exact) mass is 286 g/mol. The summed E-state index contributed by atoms with van der Waals surface area (Å²) in [4.78, 5) is 14.6. The third kappa shape index (κ3) is 3.56. The fourth-order valence-electron chi connectivity index (χ4n) is 2.73. The lowest BCUT2D eigenvalue weighted by molar-refractivity contribution is -0.152. The minimum Gasteiger partial charge on any atom is -0.465 e. The molecule has 1 heterocycles. The van der Waals surface area contributed by atoms with Gasteiger partial charge >= 0.3 is 5.97 Å². The highest BCUT2D eigenvalue weighted by Gasteiger charge is 2.42. The Balaban J connectivity index is 2.06. The number of nitrogens with zero attached hydrogens (tertiary/aromatic N) is 1. The highest BCUT2D eigenvalue weighted by Crippen LogP contribution is 2.27. The quantitative estimate of drug-likeness (QED) is 0.662. The highest BCUT2D eigenvalue weighted by atomic mass is 16.5. The Morgan fingerprint density at radius 3 is 2.62 bits per heavy atom. The number of anilines is 1. The third-order valence-corrected chi connectivity index (χ3v) is 3.93. The van der Waals surface area contributed by atoms with Crippen molar-refractivity contribution in [2.24, 2.45) is 0 Å². The van der Waals surface area contributed by atoms with Gasteiger partial charge in [0.15, 0.2) is 0 Å². The molecule has 1 aromatic carbocycles. The number of esters is 1. The van der Waals surface area contributed by atoms with E-state index in [4.69, 9.17) is 11.2 Å². The average Bonchev–Trinajstić information content (AvgIpc) is 2.54. The van der Waals surface area contributed by atoms with Crippen LogP contribution in [0.25, 0.3) is 0 Å². The Bertz CT molecular complexity index is 499. The zero-order valence-corrected chi connectivity index (χ0v) is 12.5. The van der Waals surface area contributed by atoms with Gasteiger partial charge in [-0.3, -0.25) is 10.1 Å². The fourth-order valence-corrected chi connectivity index (χ4v) is 2.73. The predicted molar refractivity (Wildman–Crippen MR) is 84.1 cm³/mol. The summed E-state index contributed by atoms with van der Waals surface area (Å²) in [5.74, 6) is 2.36. The number of hydrogen-bond donors (Lipinski definition) is 1. The molecule has 0 radical (unpaired) electrons. The van der Waals surface area contributed by atoms with Crippen molar-refractivity contribution in [1.29, 1.82) is 0 Å². The van der Waals surface area contributed by atoms with Gasteiger partial charge < -0.3 is 9.64 Å². The maximum atomic E-state index is 12.3. The molecule has 1 fully saturated rings. The van der Waals surface area contributed by atoms with Gasteiger partial charge in [0.05, 0.1) is 13.2 Å². The molecule has 1 aromatic rings. The summed E-state index contributed by atoms with van der Waals surface area (Å²) < 4.78 is 5.23. The van der Waals surface area contributed by atoms with Gasteiger partial charge in [-0.25, -0.2) is 0 Å². The summed E-state index contributed by atoms with van der Waals surface area (Å²) >= 11 is 0. The van der Waals surface area contributed by atoms with Crippen LogP contribution in [0.2, 0.25) is 0 Å². The SMILES string of the molecule is C#CCNC1(C(=O)OCC)CCN(c2ccccc2)CC1. The van der Waals surface area contributed by atoms with Crippen molar-refractivity contribution in [3.05, 3.63) is 30.3 Å². The van der Waals surface area contributed by atoms with E-state index in [0.29, 0.717) is 26.0 Å². The molecule has 0 aromatic heterocycles. The molecule has 1 aliphatic rings. The Labute approximate surface area is 126 Å². The van der Waals surface area contributed by atoms with Crippen molar-refractivity contribution in [3.63, 3.8) is 0 Å². The highest BCUT2D eigenvalue weighted by molar-refractivity contribution is 5.81. The molecular weight excluding hydrogens is 264 g/mol. The first-order chi connectivity index (χ1) is 10.2. The number of para-hydroxylation sites is 1. The first-order valence-corrected chi connectivity index (χ1v) is 7.37. The molecule has 0 bridgehead atoms. The lowest BCUT2D eigenvalue weighted by atomic mass is 9.87. The van der Waals surface area contributed by atoms with E-state index in [1.165, 1.54) is 5.69 Å². The summed E-state index contributed by atoms with van der Waals surface area (Å²) in [6, 6.07) is 10.2. The first kappa shape index (κ1) is 15.4. The molecule has 21 heavy (non-hydrogen) atoms. The second-order valence-electron chi connectivity index (χ2n) is 5.18. The topological polar surface area (TPSA) is 41.6 Å². The lowest BCUT2D eigenvalue weighted by Crippen LogP contribution is -2.59. The van der Waals surface area contributed by atoms with Crippen molar-refractivity contribution >= 4 is 11.7 Å². The molecule has 1 N–H and O–H groups in total. The van der Waals surface area contributed by atoms with Crippen LogP contribution in [0.5, 0.6) is 0 Å². The molecule has 0 saturated carbocycles. The van der Waals surface area contributed by atoms with E-state index >= 15 is 0 Å². The second-order valence-corrected chi connectivity index (χ2v) is 5.18. The summed E-state index contributed by atoms with van der Waals surface area (Å²) in [5.41, 5.74) is 0.542. The predicted octanol–water partition coefficient (Wildman–Crippen LogP) is 1.81. The van der Waals surface area contributed by atoms with Gasteiger partial charge in [-0.1, -0.05) is 24.1 Å². The summed E-state index contributed by atoms with van der Waals surface area (Å²) in [6.07, 6.45) is 6.72. The standard InChI is InChI=1S/C17H22N2O2/c1-3-12-18-17(16(20)21-4-2)10-13-19(14-11-17)15-8-6-5-7-9-15/h1,5-9,18H,4,10-14H2,2H3. The van der Waals surface area contributed by atoms with Crippen molar-refractivity contribution < 1.29 is 9.53 Å². The number of nitrogens with one attached hydrogen (secondary N) is 1. The Morgan fingerprint density at radius 1 is 1.38 bits per heavy atom. The van der Waals surface area contributed by atoms with E-state index in [1.807, 2.05) is 25.1 Å². The van der Waals surface area contributed by atoms with Crippen LogP contribution in [0.1, 0.15) is 19.8 Å². The first-order valence-electron chi connectivity index (χ1n) is 7.37. The summed E-state index contributed by atoms with van der Waals surface area (Å²) in [5, 5.41) is 3.20. The van der Waals surface area contributed by atoms with Crippen LogP contribution in [0, 0.1) is 12.3 Å². The molecule has 1 aliphatic heterocycles. The van der Waals surface area contributed by atoms with Crippen LogP contribution in [0.4, 0.5) is 5.69 Å². The Kier molecular flexibility index (Phi) is 5.24. The van der Waals surface area contributed by atoms with Gasteiger partial charge in [-0.05, 0) is 31.9 Å². The zero-order valence-electron chi connectivity index (χ0n) is 12.5. The number of carbonyl (C=O) groups excluding carboxylic acids is 1. The van der Waals surface area contributed by atoms with Crippen LogP contribution in [-0.4, -0.2) is 37.7 Å². The van der Waals surface area contributed by atoms with Crippen molar-refractivity contribution in [2.75, 3.05) is 31.1 Å². The van der Waals surface area contributed by atoms with Crippen LogP contribution in [0.15, 0.2) is 30.3 Å². The number of carbonyl (C=O) groups is 1. The molecular formula is C17H22N2O2. The summed E-state index contributed by atoms with van der Waals surface area (Å²) in [6.45, 7) is 4.21. The van der Waals surface area contributed by atoms with Crippen LogP contribution < -0.4 is 10.2 Å². The van der Waals surface area contributed by atoms with E-state index < -0.39 is 5.54 Å². The zero-order chi connectivity index (χ0) is 15.1. The fraction of sp³-hybridized carbons (Fsp3) is 0.471.